The Hall–Kier alpha value is -1.89. The van der Waals surface area contributed by atoms with Crippen molar-refractivity contribution in [1.82, 2.24) is 4.90 Å². The first-order chi connectivity index (χ1) is 8.81. The van der Waals surface area contributed by atoms with Crippen LogP contribution in [0, 0.1) is 0 Å². The molecular weight excluding hydrogens is 316 g/mol. The normalized spacial score (nSPS) is 9.84. The second-order valence-electron chi connectivity index (χ2n) is 3.92. The van der Waals surface area contributed by atoms with Crippen LogP contribution >= 0.6 is 15.9 Å². The molecule has 0 spiro atoms. The predicted molar refractivity (Wildman–Crippen MR) is 73.0 cm³/mol. The first-order valence-corrected chi connectivity index (χ1v) is 6.15. The van der Waals surface area contributed by atoms with Gasteiger partial charge in [0.25, 0.3) is 0 Å². The third-order valence-corrected chi connectivity index (χ3v) is 2.90. The van der Waals surface area contributed by atoms with E-state index in [1.54, 1.807) is 6.07 Å². The average molecular weight is 329 g/mol. The first kappa shape index (κ1) is 15.2. The molecule has 0 aliphatic rings. The van der Waals surface area contributed by atoms with E-state index in [2.05, 4.69) is 21.2 Å². The molecule has 1 rings (SSSR count). The van der Waals surface area contributed by atoms with E-state index in [0.29, 0.717) is 4.47 Å². The van der Waals surface area contributed by atoms with Gasteiger partial charge in [0.2, 0.25) is 11.8 Å². The maximum atomic E-state index is 11.7. The fourth-order valence-electron chi connectivity index (χ4n) is 1.32. The third-order valence-electron chi connectivity index (χ3n) is 2.40. The zero-order valence-electron chi connectivity index (χ0n) is 10.4. The largest absolute Gasteiger partial charge is 0.478 e. The number of amides is 2. The Labute approximate surface area is 118 Å². The summed E-state index contributed by atoms with van der Waals surface area (Å²) in [5.41, 5.74) is 0.172. The number of hydrogen-bond donors (Lipinski definition) is 2. The summed E-state index contributed by atoms with van der Waals surface area (Å²) in [7, 11) is 1.49. The summed E-state index contributed by atoms with van der Waals surface area (Å²) >= 11 is 3.16. The maximum absolute atomic E-state index is 11.7. The zero-order valence-corrected chi connectivity index (χ0v) is 12.0. The Morgan fingerprint density at radius 2 is 2.00 bits per heavy atom. The average Bonchev–Trinajstić information content (AvgIpc) is 2.30. The maximum Gasteiger partial charge on any atom is 0.337 e. The number of likely N-dealkylation sites (N-methyl/N-ethyl adjacent to an activating group) is 1. The number of aromatic carboxylic acids is 1. The quantitative estimate of drug-likeness (QED) is 0.878. The van der Waals surface area contributed by atoms with Crippen molar-refractivity contribution < 1.29 is 19.5 Å². The number of anilines is 1. The molecule has 0 aliphatic heterocycles. The highest BCUT2D eigenvalue weighted by molar-refractivity contribution is 9.10. The number of halogens is 1. The van der Waals surface area contributed by atoms with Gasteiger partial charge in [0.05, 0.1) is 17.8 Å². The molecule has 0 bridgehead atoms. The van der Waals surface area contributed by atoms with Crippen LogP contribution < -0.4 is 5.32 Å². The van der Waals surface area contributed by atoms with E-state index >= 15 is 0 Å². The van der Waals surface area contributed by atoms with Crippen LogP contribution in [0.15, 0.2) is 22.7 Å². The Kier molecular flexibility index (Phi) is 5.05. The van der Waals surface area contributed by atoms with Crippen molar-refractivity contribution in [1.29, 1.82) is 0 Å². The van der Waals surface area contributed by atoms with Gasteiger partial charge in [-0.3, -0.25) is 9.59 Å². The van der Waals surface area contributed by atoms with Gasteiger partial charge in [-0.15, -0.1) is 0 Å². The lowest BCUT2D eigenvalue weighted by atomic mass is 10.2. The lowest BCUT2D eigenvalue weighted by Crippen LogP contribution is -2.33. The van der Waals surface area contributed by atoms with Crippen LogP contribution in [0.5, 0.6) is 0 Å². The number of carboxylic acid groups (broad SMARTS) is 1. The smallest absolute Gasteiger partial charge is 0.337 e. The molecule has 0 unspecified atom stereocenters. The van der Waals surface area contributed by atoms with Crippen molar-refractivity contribution >= 4 is 39.4 Å². The predicted octanol–water partition coefficient (Wildman–Crippen LogP) is 1.56. The van der Waals surface area contributed by atoms with Crippen LogP contribution in [0.3, 0.4) is 0 Å². The van der Waals surface area contributed by atoms with Gasteiger partial charge in [-0.25, -0.2) is 4.79 Å². The van der Waals surface area contributed by atoms with Gasteiger partial charge in [-0.05, 0) is 18.2 Å². The minimum atomic E-state index is -1.14. The first-order valence-electron chi connectivity index (χ1n) is 5.35. The van der Waals surface area contributed by atoms with Gasteiger partial charge in [-0.2, -0.15) is 0 Å². The van der Waals surface area contributed by atoms with E-state index in [-0.39, 0.29) is 23.7 Å². The fourth-order valence-corrected chi connectivity index (χ4v) is 1.68. The molecular formula is C12H13BrN2O4. The molecule has 1 aromatic rings. The van der Waals surface area contributed by atoms with Crippen molar-refractivity contribution in [3.63, 3.8) is 0 Å². The summed E-state index contributed by atoms with van der Waals surface area (Å²) in [5, 5.41) is 11.5. The van der Waals surface area contributed by atoms with Crippen LogP contribution in [0.1, 0.15) is 17.3 Å². The number of hydrogen-bond acceptors (Lipinski definition) is 3. The minimum absolute atomic E-state index is 0.0202. The van der Waals surface area contributed by atoms with E-state index in [0.717, 1.165) is 0 Å². The number of nitrogens with one attached hydrogen (secondary N) is 1. The lowest BCUT2D eigenvalue weighted by Gasteiger charge is -2.15. The van der Waals surface area contributed by atoms with Gasteiger partial charge in [0.1, 0.15) is 0 Å². The van der Waals surface area contributed by atoms with Crippen LogP contribution in [0.2, 0.25) is 0 Å². The van der Waals surface area contributed by atoms with Crippen molar-refractivity contribution in [3.8, 4) is 0 Å². The van der Waals surface area contributed by atoms with E-state index < -0.39 is 11.9 Å². The summed E-state index contributed by atoms with van der Waals surface area (Å²) < 4.78 is 0.601. The number of nitrogens with zero attached hydrogens (tertiary/aromatic N) is 1. The monoisotopic (exact) mass is 328 g/mol. The van der Waals surface area contributed by atoms with Crippen LogP contribution in [-0.2, 0) is 9.59 Å². The summed E-state index contributed by atoms with van der Waals surface area (Å²) in [6.45, 7) is 1.21. The molecule has 2 amide bonds. The Bertz CT molecular complexity index is 530. The second-order valence-corrected chi connectivity index (χ2v) is 4.83. The van der Waals surface area contributed by atoms with E-state index in [9.17, 15) is 14.4 Å². The van der Waals surface area contributed by atoms with Gasteiger partial charge >= 0.3 is 5.97 Å². The molecule has 2 N–H and O–H groups in total. The van der Waals surface area contributed by atoms with Crippen LogP contribution in [0.25, 0.3) is 0 Å². The van der Waals surface area contributed by atoms with E-state index in [1.807, 2.05) is 0 Å². The van der Waals surface area contributed by atoms with Gasteiger partial charge in [0, 0.05) is 18.4 Å². The standard InChI is InChI=1S/C12H13BrN2O4/c1-7(16)15(2)6-11(17)14-10-4-3-8(13)5-9(10)12(18)19/h3-5H,6H2,1-2H3,(H,14,17)(H,18,19). The number of benzene rings is 1. The van der Waals surface area contributed by atoms with E-state index in [1.165, 1.54) is 31.0 Å². The molecule has 102 valence electrons. The molecule has 0 atom stereocenters. The molecule has 7 heteroatoms. The third kappa shape index (κ3) is 4.36. The highest BCUT2D eigenvalue weighted by atomic mass is 79.9. The fraction of sp³-hybridized carbons (Fsp3) is 0.250. The van der Waals surface area contributed by atoms with Crippen molar-refractivity contribution in [2.24, 2.45) is 0 Å². The number of carboxylic acids is 1. The topological polar surface area (TPSA) is 86.7 Å². The molecule has 6 nitrogen and oxygen atoms in total. The Balaban J connectivity index is 2.85. The molecule has 0 radical (unpaired) electrons. The van der Waals surface area contributed by atoms with Gasteiger partial charge < -0.3 is 15.3 Å². The Morgan fingerprint density at radius 3 is 2.53 bits per heavy atom. The van der Waals surface area contributed by atoms with Crippen molar-refractivity contribution in [2.45, 2.75) is 6.92 Å². The number of rotatable bonds is 4. The highest BCUT2D eigenvalue weighted by Crippen LogP contribution is 2.21. The molecule has 0 aromatic heterocycles. The van der Waals surface area contributed by atoms with Gasteiger partial charge in [0.15, 0.2) is 0 Å². The molecule has 1 aromatic carbocycles. The number of carbonyl (C=O) groups is 3. The highest BCUT2D eigenvalue weighted by Gasteiger charge is 2.14. The van der Waals surface area contributed by atoms with Crippen molar-refractivity contribution in [3.05, 3.63) is 28.2 Å². The summed E-state index contributed by atoms with van der Waals surface area (Å²) in [5.74, 6) is -1.84. The molecule has 0 heterocycles. The molecule has 0 saturated heterocycles. The van der Waals surface area contributed by atoms with Crippen LogP contribution in [0.4, 0.5) is 5.69 Å². The minimum Gasteiger partial charge on any atom is -0.478 e. The summed E-state index contributed by atoms with van der Waals surface area (Å²) in [4.78, 5) is 35.0. The molecule has 0 fully saturated rings. The second kappa shape index (κ2) is 6.33. The zero-order chi connectivity index (χ0) is 14.6. The van der Waals surface area contributed by atoms with Crippen molar-refractivity contribution in [2.75, 3.05) is 18.9 Å². The lowest BCUT2D eigenvalue weighted by molar-refractivity contribution is -0.131. The molecule has 0 aliphatic carbocycles. The number of carbonyl (C=O) groups excluding carboxylic acids is 2. The summed E-state index contributed by atoms with van der Waals surface area (Å²) in [6.07, 6.45) is 0. The molecule has 19 heavy (non-hydrogen) atoms. The van der Waals surface area contributed by atoms with Gasteiger partial charge in [-0.1, -0.05) is 15.9 Å². The van der Waals surface area contributed by atoms with E-state index in [4.69, 9.17) is 5.11 Å². The summed E-state index contributed by atoms with van der Waals surface area (Å²) in [6, 6.07) is 4.50. The SMILES string of the molecule is CC(=O)N(C)CC(=O)Nc1ccc(Br)cc1C(=O)O. The Morgan fingerprint density at radius 1 is 1.37 bits per heavy atom. The molecule has 0 saturated carbocycles. The van der Waals surface area contributed by atoms with Crippen LogP contribution in [-0.4, -0.2) is 41.4 Å².